The number of nitrogens with one attached hydrogen (secondary N) is 3. The number of aromatic nitrogens is 1. The van der Waals surface area contributed by atoms with Crippen molar-refractivity contribution in [3.8, 4) is 0 Å². The van der Waals surface area contributed by atoms with Crippen molar-refractivity contribution in [2.45, 2.75) is 13.3 Å². The molecule has 3 N–H and O–H groups in total. The molecule has 0 atom stereocenters. The highest BCUT2D eigenvalue weighted by Gasteiger charge is 2.20. The summed E-state index contributed by atoms with van der Waals surface area (Å²) in [4.78, 5) is 9.77. The van der Waals surface area contributed by atoms with Crippen LogP contribution in [-0.4, -0.2) is 75.5 Å². The summed E-state index contributed by atoms with van der Waals surface area (Å²) in [6, 6.07) is 6.47. The number of hydrogen-bond donors (Lipinski definition) is 3. The molecule has 148 valence electrons. The van der Waals surface area contributed by atoms with Gasteiger partial charge >= 0.3 is 0 Å². The van der Waals surface area contributed by atoms with Crippen molar-refractivity contribution in [3.63, 3.8) is 0 Å². The zero-order valence-corrected chi connectivity index (χ0v) is 16.9. The van der Waals surface area contributed by atoms with Crippen LogP contribution in [0.25, 0.3) is 10.9 Å². The van der Waals surface area contributed by atoms with Crippen LogP contribution in [0, 0.1) is 6.92 Å². The number of guanidine groups is 1. The highest BCUT2D eigenvalue weighted by atomic mass is 32.2. The van der Waals surface area contributed by atoms with Gasteiger partial charge in [0, 0.05) is 56.9 Å². The summed E-state index contributed by atoms with van der Waals surface area (Å²) in [6.07, 6.45) is 2.99. The molecule has 1 aromatic carbocycles. The molecule has 7 nitrogen and oxygen atoms in total. The summed E-state index contributed by atoms with van der Waals surface area (Å²) >= 11 is 0. The molecule has 2 heterocycles. The van der Waals surface area contributed by atoms with E-state index in [2.05, 4.69) is 56.8 Å². The van der Waals surface area contributed by atoms with Crippen molar-refractivity contribution in [2.24, 2.45) is 4.99 Å². The number of aliphatic imine (C=N–C) groups is 1. The van der Waals surface area contributed by atoms with Gasteiger partial charge in [-0.25, -0.2) is 8.42 Å². The predicted molar refractivity (Wildman–Crippen MR) is 111 cm³/mol. The molecule has 27 heavy (non-hydrogen) atoms. The molecule has 1 fully saturated rings. The summed E-state index contributed by atoms with van der Waals surface area (Å²) < 4.78 is 22.9. The highest BCUT2D eigenvalue weighted by Crippen LogP contribution is 2.19. The van der Waals surface area contributed by atoms with Gasteiger partial charge in [-0.05, 0) is 30.5 Å². The van der Waals surface area contributed by atoms with Gasteiger partial charge in [0.15, 0.2) is 15.8 Å². The minimum atomic E-state index is -2.81. The average molecular weight is 392 g/mol. The van der Waals surface area contributed by atoms with Crippen LogP contribution in [-0.2, 0) is 16.3 Å². The molecule has 0 bridgehead atoms. The second-order valence-corrected chi connectivity index (χ2v) is 9.34. The number of fused-ring (bicyclic) bond motifs is 1. The van der Waals surface area contributed by atoms with Crippen molar-refractivity contribution in [2.75, 3.05) is 51.3 Å². The SMILES string of the molecule is CN=C(NCCc1c[nH]c2cc(C)ccc12)NCCN1CCS(=O)(=O)CC1. The number of nitrogens with zero attached hydrogens (tertiary/aromatic N) is 2. The smallest absolute Gasteiger partial charge is 0.191 e. The van der Waals surface area contributed by atoms with E-state index in [1.807, 2.05) is 0 Å². The average Bonchev–Trinajstić information content (AvgIpc) is 3.03. The number of sulfone groups is 1. The Hall–Kier alpha value is -2.06. The van der Waals surface area contributed by atoms with Gasteiger partial charge < -0.3 is 15.6 Å². The quantitative estimate of drug-likeness (QED) is 0.503. The third kappa shape index (κ3) is 5.46. The van der Waals surface area contributed by atoms with Gasteiger partial charge in [-0.3, -0.25) is 9.89 Å². The number of aromatic amines is 1. The third-order valence-corrected chi connectivity index (χ3v) is 6.60. The van der Waals surface area contributed by atoms with Crippen LogP contribution in [0.1, 0.15) is 11.1 Å². The number of aryl methyl sites for hydroxylation is 1. The molecule has 2 aromatic rings. The number of H-pyrrole nitrogens is 1. The lowest BCUT2D eigenvalue weighted by Gasteiger charge is -2.26. The van der Waals surface area contributed by atoms with E-state index in [9.17, 15) is 8.42 Å². The maximum atomic E-state index is 11.5. The van der Waals surface area contributed by atoms with Gasteiger partial charge in [-0.15, -0.1) is 0 Å². The predicted octanol–water partition coefficient (Wildman–Crippen LogP) is 0.914. The minimum absolute atomic E-state index is 0.268. The second kappa shape index (κ2) is 8.75. The molecule has 0 unspecified atom stereocenters. The lowest BCUT2D eigenvalue weighted by atomic mass is 10.1. The Kier molecular flexibility index (Phi) is 6.38. The second-order valence-electron chi connectivity index (χ2n) is 7.03. The molecule has 0 saturated carbocycles. The molecular weight excluding hydrogens is 362 g/mol. The first kappa shape index (κ1) is 19.7. The maximum Gasteiger partial charge on any atom is 0.191 e. The van der Waals surface area contributed by atoms with E-state index in [0.717, 1.165) is 32.0 Å². The van der Waals surface area contributed by atoms with Crippen molar-refractivity contribution >= 4 is 26.7 Å². The fourth-order valence-corrected chi connectivity index (χ4v) is 4.63. The van der Waals surface area contributed by atoms with E-state index in [0.29, 0.717) is 13.1 Å². The topological polar surface area (TPSA) is 89.6 Å². The van der Waals surface area contributed by atoms with E-state index in [-0.39, 0.29) is 11.5 Å². The molecule has 1 aromatic heterocycles. The molecular formula is C19H29N5O2S. The molecule has 0 radical (unpaired) electrons. The fraction of sp³-hybridized carbons (Fsp3) is 0.526. The fourth-order valence-electron chi connectivity index (χ4n) is 3.35. The van der Waals surface area contributed by atoms with Crippen molar-refractivity contribution < 1.29 is 8.42 Å². The molecule has 3 rings (SSSR count). The van der Waals surface area contributed by atoms with E-state index in [1.165, 1.54) is 22.0 Å². The van der Waals surface area contributed by atoms with Crippen LogP contribution in [0.3, 0.4) is 0 Å². The van der Waals surface area contributed by atoms with Crippen LogP contribution in [0.5, 0.6) is 0 Å². The maximum absolute atomic E-state index is 11.5. The Balaban J connectivity index is 1.40. The number of rotatable bonds is 6. The Bertz CT molecular complexity index is 890. The monoisotopic (exact) mass is 391 g/mol. The Labute approximate surface area is 161 Å². The molecule has 0 spiro atoms. The van der Waals surface area contributed by atoms with Crippen LogP contribution < -0.4 is 10.6 Å². The zero-order valence-electron chi connectivity index (χ0n) is 16.1. The lowest BCUT2D eigenvalue weighted by molar-refractivity contribution is 0.299. The van der Waals surface area contributed by atoms with E-state index in [4.69, 9.17) is 0 Å². The zero-order chi connectivity index (χ0) is 19.3. The summed E-state index contributed by atoms with van der Waals surface area (Å²) in [5, 5.41) is 7.92. The number of hydrogen-bond acceptors (Lipinski definition) is 4. The summed E-state index contributed by atoms with van der Waals surface area (Å²) in [7, 11) is -1.05. The van der Waals surface area contributed by atoms with Crippen molar-refractivity contribution in [1.29, 1.82) is 0 Å². The molecule has 1 aliphatic heterocycles. The number of benzene rings is 1. The first-order valence-corrected chi connectivity index (χ1v) is 11.2. The van der Waals surface area contributed by atoms with Crippen LogP contribution in [0.15, 0.2) is 29.4 Å². The van der Waals surface area contributed by atoms with Gasteiger partial charge in [0.2, 0.25) is 0 Å². The van der Waals surface area contributed by atoms with Crippen LogP contribution >= 0.6 is 0 Å². The first-order valence-electron chi connectivity index (χ1n) is 9.41. The normalized spacial score (nSPS) is 17.9. The van der Waals surface area contributed by atoms with Crippen LogP contribution in [0.2, 0.25) is 0 Å². The highest BCUT2D eigenvalue weighted by molar-refractivity contribution is 7.91. The van der Waals surface area contributed by atoms with Crippen molar-refractivity contribution in [3.05, 3.63) is 35.5 Å². The van der Waals surface area contributed by atoms with Gasteiger partial charge in [-0.2, -0.15) is 0 Å². The first-order chi connectivity index (χ1) is 13.0. The Morgan fingerprint density at radius 2 is 1.96 bits per heavy atom. The van der Waals surface area contributed by atoms with Gasteiger partial charge in [0.25, 0.3) is 0 Å². The molecule has 1 aliphatic rings. The molecule has 8 heteroatoms. The van der Waals surface area contributed by atoms with E-state index < -0.39 is 9.84 Å². The van der Waals surface area contributed by atoms with Gasteiger partial charge in [0.1, 0.15) is 0 Å². The molecule has 0 aliphatic carbocycles. The standard InChI is InChI=1S/C19H29N5O2S/c1-15-3-4-17-16(14-23-18(17)13-15)5-6-21-19(20-2)22-7-8-24-9-11-27(25,26)12-10-24/h3-4,13-14,23H,5-12H2,1-2H3,(H2,20,21,22). The van der Waals surface area contributed by atoms with E-state index in [1.54, 1.807) is 7.05 Å². The van der Waals surface area contributed by atoms with Gasteiger partial charge in [0.05, 0.1) is 11.5 Å². The molecule has 1 saturated heterocycles. The summed E-state index contributed by atoms with van der Waals surface area (Å²) in [6.45, 7) is 5.69. The largest absolute Gasteiger partial charge is 0.361 e. The van der Waals surface area contributed by atoms with E-state index >= 15 is 0 Å². The summed E-state index contributed by atoms with van der Waals surface area (Å²) in [5.74, 6) is 1.31. The van der Waals surface area contributed by atoms with Crippen LogP contribution in [0.4, 0.5) is 0 Å². The Morgan fingerprint density at radius 1 is 1.22 bits per heavy atom. The third-order valence-electron chi connectivity index (χ3n) is 4.99. The lowest BCUT2D eigenvalue weighted by Crippen LogP contribution is -2.46. The Morgan fingerprint density at radius 3 is 2.70 bits per heavy atom. The molecule has 0 amide bonds. The van der Waals surface area contributed by atoms with Crippen molar-refractivity contribution in [1.82, 2.24) is 20.5 Å². The minimum Gasteiger partial charge on any atom is -0.361 e. The van der Waals surface area contributed by atoms with Gasteiger partial charge in [-0.1, -0.05) is 12.1 Å². The summed E-state index contributed by atoms with van der Waals surface area (Å²) in [5.41, 5.74) is 3.73.